The van der Waals surface area contributed by atoms with Crippen LogP contribution in [0.25, 0.3) is 22.5 Å². The van der Waals surface area contributed by atoms with Gasteiger partial charge in [-0.15, -0.1) is 5.10 Å². The Morgan fingerprint density at radius 1 is 0.938 bits per heavy atom. The van der Waals surface area contributed by atoms with E-state index in [1.54, 1.807) is 17.0 Å². The van der Waals surface area contributed by atoms with E-state index in [4.69, 9.17) is 0 Å². The van der Waals surface area contributed by atoms with Gasteiger partial charge in [0.15, 0.2) is 5.82 Å². The van der Waals surface area contributed by atoms with Gasteiger partial charge in [0.25, 0.3) is 5.91 Å². The van der Waals surface area contributed by atoms with Crippen molar-refractivity contribution in [3.8, 4) is 22.5 Å². The monoisotopic (exact) mass is 425 g/mol. The first kappa shape index (κ1) is 19.9. The third-order valence-electron chi connectivity index (χ3n) is 5.57. The fourth-order valence-corrected chi connectivity index (χ4v) is 3.74. The van der Waals surface area contributed by atoms with Crippen LogP contribution in [0.3, 0.4) is 0 Å². The molecule has 0 atom stereocenters. The van der Waals surface area contributed by atoms with E-state index in [0.29, 0.717) is 24.5 Å². The van der Waals surface area contributed by atoms with E-state index in [2.05, 4.69) is 15.4 Å². The topological polar surface area (TPSA) is 81.8 Å². The summed E-state index contributed by atoms with van der Waals surface area (Å²) in [6.45, 7) is 0.618. The number of rotatable bonds is 7. The smallest absolute Gasteiger partial charge is 0.346 e. The average molecular weight is 425 g/mol. The highest BCUT2D eigenvalue weighted by molar-refractivity contribution is 5.94. The molecule has 2 aromatic heterocycles. The molecule has 1 aliphatic carbocycles. The van der Waals surface area contributed by atoms with Crippen molar-refractivity contribution in [2.45, 2.75) is 25.4 Å². The number of carbonyl (C=O) groups excluding carboxylic acids is 1. The van der Waals surface area contributed by atoms with Gasteiger partial charge in [-0.1, -0.05) is 42.5 Å². The number of carbonyl (C=O) groups is 1. The molecule has 32 heavy (non-hydrogen) atoms. The highest BCUT2D eigenvalue weighted by atomic mass is 16.2. The summed E-state index contributed by atoms with van der Waals surface area (Å²) in [6, 6.07) is 21.5. The summed E-state index contributed by atoms with van der Waals surface area (Å²) in [7, 11) is 0. The van der Waals surface area contributed by atoms with Gasteiger partial charge in [0.1, 0.15) is 0 Å². The van der Waals surface area contributed by atoms with Crippen molar-refractivity contribution < 1.29 is 4.79 Å². The van der Waals surface area contributed by atoms with Crippen molar-refractivity contribution in [1.29, 1.82) is 0 Å². The summed E-state index contributed by atoms with van der Waals surface area (Å²) < 4.78 is 3.18. The van der Waals surface area contributed by atoms with Crippen molar-refractivity contribution in [2.24, 2.45) is 0 Å². The molecule has 0 spiro atoms. The molecule has 0 unspecified atom stereocenters. The van der Waals surface area contributed by atoms with Crippen LogP contribution in [0.4, 0.5) is 0 Å². The predicted molar refractivity (Wildman–Crippen MR) is 122 cm³/mol. The zero-order valence-corrected chi connectivity index (χ0v) is 17.5. The van der Waals surface area contributed by atoms with Crippen LogP contribution in [0.1, 0.15) is 29.2 Å². The van der Waals surface area contributed by atoms with E-state index in [0.717, 1.165) is 29.5 Å². The van der Waals surface area contributed by atoms with Gasteiger partial charge in [0.05, 0.1) is 6.54 Å². The molecular weight excluding hydrogens is 402 g/mol. The minimum atomic E-state index is -0.174. The summed E-state index contributed by atoms with van der Waals surface area (Å²) in [6.07, 6.45) is 5.37. The van der Waals surface area contributed by atoms with Gasteiger partial charge in [-0.25, -0.2) is 9.48 Å². The fraction of sp³-hybridized carbons (Fsp3) is 0.200. The number of aromatic nitrogens is 4. The molecule has 4 aromatic rings. The number of amides is 1. The van der Waals surface area contributed by atoms with Crippen molar-refractivity contribution >= 4 is 5.91 Å². The standard InChI is InChI=1S/C25H23N5O2/c31-24(20-10-8-19(9-11-20)18-5-2-1-3-6-18)27-15-16-29-25(32)30(22-12-13-22)23(28-29)21-7-4-14-26-17-21/h1-11,14,17,22H,12-13,15-16H2,(H,27,31). The SMILES string of the molecule is O=C(NCCn1nc(-c2cccnc2)n(C2CC2)c1=O)c1ccc(-c2ccccc2)cc1. The van der Waals surface area contributed by atoms with Gasteiger partial charge in [0, 0.05) is 36.1 Å². The Bertz CT molecular complexity index is 1270. The number of nitrogens with zero attached hydrogens (tertiary/aromatic N) is 4. The van der Waals surface area contributed by atoms with E-state index in [1.807, 2.05) is 66.7 Å². The molecule has 2 aromatic carbocycles. The highest BCUT2D eigenvalue weighted by Gasteiger charge is 2.30. The molecule has 0 radical (unpaired) electrons. The van der Waals surface area contributed by atoms with E-state index >= 15 is 0 Å². The Morgan fingerprint density at radius 2 is 1.66 bits per heavy atom. The first-order valence-electron chi connectivity index (χ1n) is 10.7. The van der Waals surface area contributed by atoms with Gasteiger partial charge < -0.3 is 5.32 Å². The van der Waals surface area contributed by atoms with Crippen LogP contribution in [0.15, 0.2) is 83.9 Å². The maximum absolute atomic E-state index is 12.9. The number of nitrogens with one attached hydrogen (secondary N) is 1. The number of benzene rings is 2. The largest absolute Gasteiger partial charge is 0.350 e. The molecule has 0 aliphatic heterocycles. The predicted octanol–water partition coefficient (Wildman–Crippen LogP) is 3.54. The van der Waals surface area contributed by atoms with Crippen LogP contribution >= 0.6 is 0 Å². The molecule has 0 saturated heterocycles. The van der Waals surface area contributed by atoms with Crippen LogP contribution in [0.5, 0.6) is 0 Å². The zero-order chi connectivity index (χ0) is 21.9. The molecule has 1 amide bonds. The maximum atomic E-state index is 12.9. The van der Waals surface area contributed by atoms with Gasteiger partial charge >= 0.3 is 5.69 Å². The summed E-state index contributed by atoms with van der Waals surface area (Å²) in [5.41, 5.74) is 3.42. The molecule has 1 aliphatic rings. The third kappa shape index (κ3) is 4.09. The molecule has 0 bridgehead atoms. The van der Waals surface area contributed by atoms with Gasteiger partial charge in [-0.2, -0.15) is 0 Å². The average Bonchev–Trinajstić information content (AvgIpc) is 3.63. The van der Waals surface area contributed by atoms with Crippen molar-refractivity contribution in [3.63, 3.8) is 0 Å². The van der Waals surface area contributed by atoms with E-state index < -0.39 is 0 Å². The minimum absolute atomic E-state index is 0.146. The van der Waals surface area contributed by atoms with Crippen LogP contribution in [0.2, 0.25) is 0 Å². The van der Waals surface area contributed by atoms with Crippen molar-refractivity contribution in [3.05, 3.63) is 95.2 Å². The van der Waals surface area contributed by atoms with Gasteiger partial charge in [0.2, 0.25) is 0 Å². The molecule has 160 valence electrons. The summed E-state index contributed by atoms with van der Waals surface area (Å²) >= 11 is 0. The fourth-order valence-electron chi connectivity index (χ4n) is 3.74. The first-order valence-corrected chi connectivity index (χ1v) is 10.7. The number of hydrogen-bond acceptors (Lipinski definition) is 4. The Balaban J connectivity index is 1.26. The molecule has 7 nitrogen and oxygen atoms in total. The van der Waals surface area contributed by atoms with Crippen LogP contribution < -0.4 is 11.0 Å². The first-order chi connectivity index (χ1) is 15.7. The zero-order valence-electron chi connectivity index (χ0n) is 17.5. The molecule has 5 rings (SSSR count). The molecule has 1 saturated carbocycles. The van der Waals surface area contributed by atoms with Gasteiger partial charge in [-0.05, 0) is 48.2 Å². The Morgan fingerprint density at radius 3 is 2.34 bits per heavy atom. The molecule has 1 N–H and O–H groups in total. The lowest BCUT2D eigenvalue weighted by Gasteiger charge is -2.06. The van der Waals surface area contributed by atoms with Gasteiger partial charge in [-0.3, -0.25) is 14.3 Å². The summed E-state index contributed by atoms with van der Waals surface area (Å²) in [4.78, 5) is 29.6. The normalized spacial score (nSPS) is 13.1. The summed E-state index contributed by atoms with van der Waals surface area (Å²) in [5.74, 6) is 0.459. The minimum Gasteiger partial charge on any atom is -0.350 e. The summed E-state index contributed by atoms with van der Waals surface area (Å²) in [5, 5.41) is 7.42. The second kappa shape index (κ2) is 8.63. The molecule has 1 fully saturated rings. The molecule has 7 heteroatoms. The molecule has 2 heterocycles. The number of hydrogen-bond donors (Lipinski definition) is 1. The van der Waals surface area contributed by atoms with Crippen LogP contribution in [0, 0.1) is 0 Å². The molecular formula is C25H23N5O2. The van der Waals surface area contributed by atoms with Crippen molar-refractivity contribution in [1.82, 2.24) is 24.6 Å². The lowest BCUT2D eigenvalue weighted by atomic mass is 10.0. The second-order valence-electron chi connectivity index (χ2n) is 7.87. The number of pyridine rings is 1. The van der Waals surface area contributed by atoms with Crippen LogP contribution in [-0.2, 0) is 6.54 Å². The Labute approximate surface area is 185 Å². The quantitative estimate of drug-likeness (QED) is 0.491. The lowest BCUT2D eigenvalue weighted by Crippen LogP contribution is -2.32. The second-order valence-corrected chi connectivity index (χ2v) is 7.87. The van der Waals surface area contributed by atoms with Crippen LogP contribution in [-0.4, -0.2) is 31.8 Å². The third-order valence-corrected chi connectivity index (χ3v) is 5.57. The van der Waals surface area contributed by atoms with E-state index in [9.17, 15) is 9.59 Å². The highest BCUT2D eigenvalue weighted by Crippen LogP contribution is 2.36. The van der Waals surface area contributed by atoms with Crippen molar-refractivity contribution in [2.75, 3.05) is 6.54 Å². The Kier molecular flexibility index (Phi) is 5.37. The lowest BCUT2D eigenvalue weighted by molar-refractivity contribution is 0.0952. The van der Waals surface area contributed by atoms with E-state index in [-0.39, 0.29) is 17.6 Å². The maximum Gasteiger partial charge on any atom is 0.346 e. The Hall–Kier alpha value is -4.00. The van der Waals surface area contributed by atoms with E-state index in [1.165, 1.54) is 4.68 Å².